The summed E-state index contributed by atoms with van der Waals surface area (Å²) in [5.74, 6) is -1.01. The summed E-state index contributed by atoms with van der Waals surface area (Å²) in [5.41, 5.74) is 11.6. The lowest BCUT2D eigenvalue weighted by molar-refractivity contribution is -0.150. The van der Waals surface area contributed by atoms with Crippen molar-refractivity contribution in [2.75, 3.05) is 37.1 Å². The summed E-state index contributed by atoms with van der Waals surface area (Å²) in [6.07, 6.45) is 3.35. The molecule has 12 nitrogen and oxygen atoms in total. The van der Waals surface area contributed by atoms with Crippen LogP contribution < -0.4 is 16.8 Å². The number of aromatic nitrogens is 2. The Hall–Kier alpha value is -2.57. The first-order valence-electron chi connectivity index (χ1n) is 11.5. The zero-order valence-electron chi connectivity index (χ0n) is 20.5. The van der Waals surface area contributed by atoms with E-state index < -0.39 is 42.5 Å². The molecule has 2 amide bonds. The number of aliphatic carboxylic acids is 1. The van der Waals surface area contributed by atoms with Crippen molar-refractivity contribution >= 4 is 86.9 Å². The van der Waals surface area contributed by atoms with Crippen molar-refractivity contribution in [3.8, 4) is 0 Å². The molecule has 214 valence electrons. The third-order valence-electron chi connectivity index (χ3n) is 5.40. The van der Waals surface area contributed by atoms with Crippen LogP contribution in [0, 0.1) is 0 Å². The molecule has 0 radical (unpaired) electrons. The van der Waals surface area contributed by atoms with Gasteiger partial charge < -0.3 is 26.7 Å². The molecule has 40 heavy (non-hydrogen) atoms. The molecule has 0 spiro atoms. The maximum Gasteiger partial charge on any atom is 0.353 e. The number of thioether (sulfide) groups is 3. The van der Waals surface area contributed by atoms with E-state index in [4.69, 9.17) is 27.9 Å². The number of halogens is 2. The number of nitrogen functional groups attached to an aromatic ring is 1. The van der Waals surface area contributed by atoms with Crippen molar-refractivity contribution in [3.63, 3.8) is 0 Å². The Morgan fingerprint density at radius 3 is 2.90 bits per heavy atom. The minimum atomic E-state index is -1.26. The number of β-lactam (4-membered cyclic amide) rings is 1. The molecule has 1 saturated heterocycles. The van der Waals surface area contributed by atoms with Gasteiger partial charge in [0.1, 0.15) is 40.4 Å². The van der Waals surface area contributed by atoms with E-state index in [0.717, 1.165) is 32.4 Å². The molecule has 0 unspecified atom stereocenters. The number of thiazole rings is 1. The van der Waals surface area contributed by atoms with Crippen LogP contribution >= 0.6 is 58.2 Å². The van der Waals surface area contributed by atoms with E-state index in [1.807, 2.05) is 0 Å². The van der Waals surface area contributed by atoms with Crippen LogP contribution in [-0.4, -0.2) is 86.2 Å². The van der Waals surface area contributed by atoms with E-state index in [2.05, 4.69) is 20.4 Å². The number of nitrogens with two attached hydrogens (primary N) is 2. The van der Waals surface area contributed by atoms with Crippen LogP contribution in [0.3, 0.4) is 0 Å². The van der Waals surface area contributed by atoms with Crippen LogP contribution in [0.15, 0.2) is 39.1 Å². The zero-order valence-corrected chi connectivity index (χ0v) is 24.6. The minimum Gasteiger partial charge on any atom is -0.477 e. The average Bonchev–Trinajstić information content (AvgIpc) is 3.27. The average molecular weight is 648 g/mol. The number of carbonyl (C=O) groups excluding carboxylic acids is 2. The number of carboxylic acid groups (broad SMARTS) is 1. The summed E-state index contributed by atoms with van der Waals surface area (Å²) >= 11 is 11.2. The number of rotatable bonds is 13. The van der Waals surface area contributed by atoms with Gasteiger partial charge in [-0.15, -0.1) is 11.8 Å². The monoisotopic (exact) mass is 647 g/mol. The number of fused-ring (bicyclic) bond motifs is 1. The van der Waals surface area contributed by atoms with Crippen molar-refractivity contribution < 1.29 is 28.7 Å². The number of nitrogens with zero attached hydrogens (tertiary/aromatic N) is 4. The standard InChI is InChI=1S/C22H23ClFN7O5S4/c23-17-13(29-22(26)40-17)14(30-36-5-2-24)18(32)28-15-19(33)31-16(21(34)35)12(9-38-20(15)31)39-11-1-4-27-7-10(11)8-37-6-3-25/h1,4,7,15,20H,2-3,5-6,8-9,25H2,(H2,26,29)(H,28,32)(H,34,35)/t15-,20+/m1/s1. The molecule has 2 aliphatic rings. The quantitative estimate of drug-likeness (QED) is 0.108. The smallest absolute Gasteiger partial charge is 0.353 e. The third-order valence-corrected chi connectivity index (χ3v) is 10.2. The van der Waals surface area contributed by atoms with E-state index in [-0.39, 0.29) is 26.6 Å². The van der Waals surface area contributed by atoms with Gasteiger partial charge in [0.05, 0.1) is 0 Å². The van der Waals surface area contributed by atoms with E-state index in [1.165, 1.54) is 23.5 Å². The Morgan fingerprint density at radius 2 is 2.23 bits per heavy atom. The second-order valence-electron chi connectivity index (χ2n) is 8.00. The molecule has 2 atom stereocenters. The number of pyridine rings is 1. The van der Waals surface area contributed by atoms with Crippen molar-refractivity contribution in [2.24, 2.45) is 10.9 Å². The van der Waals surface area contributed by atoms with Gasteiger partial charge in [-0.2, -0.15) is 11.8 Å². The van der Waals surface area contributed by atoms with Crippen LogP contribution in [0.1, 0.15) is 11.3 Å². The van der Waals surface area contributed by atoms with Gasteiger partial charge >= 0.3 is 5.97 Å². The maximum atomic E-state index is 13.2. The molecule has 0 saturated carbocycles. The normalized spacial score (nSPS) is 18.8. The van der Waals surface area contributed by atoms with Crippen LogP contribution in [0.4, 0.5) is 9.52 Å². The van der Waals surface area contributed by atoms with Crippen LogP contribution in [-0.2, 0) is 25.0 Å². The summed E-state index contributed by atoms with van der Waals surface area (Å²) in [4.78, 5) is 54.0. The van der Waals surface area contributed by atoms with Crippen LogP contribution in [0.2, 0.25) is 4.34 Å². The van der Waals surface area contributed by atoms with E-state index in [9.17, 15) is 23.9 Å². The molecule has 18 heteroatoms. The van der Waals surface area contributed by atoms with Gasteiger partial charge in [-0.05, 0) is 11.6 Å². The lowest BCUT2D eigenvalue weighted by atomic mass is 10.0. The van der Waals surface area contributed by atoms with Gasteiger partial charge in [0.25, 0.3) is 11.8 Å². The number of carbonyl (C=O) groups is 3. The van der Waals surface area contributed by atoms with Gasteiger partial charge in [0.15, 0.2) is 10.8 Å². The summed E-state index contributed by atoms with van der Waals surface area (Å²) in [5, 5.41) is 15.6. The Balaban J connectivity index is 1.53. The van der Waals surface area contributed by atoms with Crippen LogP contribution in [0.5, 0.6) is 0 Å². The number of nitrogens with one attached hydrogen (secondary N) is 1. The number of hydrogen-bond acceptors (Lipinski definition) is 13. The van der Waals surface area contributed by atoms with E-state index in [0.29, 0.717) is 23.0 Å². The minimum absolute atomic E-state index is 0.0542. The lowest BCUT2D eigenvalue weighted by Crippen LogP contribution is -2.71. The first kappa shape index (κ1) is 30.4. The molecule has 0 aromatic carbocycles. The predicted molar refractivity (Wildman–Crippen MR) is 155 cm³/mol. The van der Waals surface area contributed by atoms with Crippen molar-refractivity contribution in [2.45, 2.75) is 22.1 Å². The van der Waals surface area contributed by atoms with E-state index >= 15 is 0 Å². The number of hydrogen-bond donors (Lipinski definition) is 4. The SMILES string of the molecule is NCCSCc1cnccc1SC1=C(C(=O)O)N2C(=O)[C@@H](NC(=O)C(=NOCCF)c3nc(N)sc3Cl)[C@@H]2SC1. The van der Waals surface area contributed by atoms with Crippen LogP contribution in [0.25, 0.3) is 0 Å². The molecule has 4 rings (SSSR count). The second-order valence-corrected chi connectivity index (χ2v) is 13.0. The summed E-state index contributed by atoms with van der Waals surface area (Å²) in [6, 6.07) is 0.749. The van der Waals surface area contributed by atoms with Crippen molar-refractivity contribution in [3.05, 3.63) is 44.7 Å². The molecule has 1 fully saturated rings. The molecule has 2 aromatic heterocycles. The fourth-order valence-electron chi connectivity index (χ4n) is 3.70. The number of carboxylic acids is 1. The molecule has 6 N–H and O–H groups in total. The molecular formula is C22H23ClFN7O5S4. The highest BCUT2D eigenvalue weighted by Gasteiger charge is 2.54. The van der Waals surface area contributed by atoms with Gasteiger partial charge in [-0.1, -0.05) is 39.9 Å². The highest BCUT2D eigenvalue weighted by atomic mass is 35.5. The fourth-order valence-corrected chi connectivity index (χ4v) is 8.05. The Labute approximate surface area is 249 Å². The highest BCUT2D eigenvalue weighted by Crippen LogP contribution is 2.46. The lowest BCUT2D eigenvalue weighted by Gasteiger charge is -2.49. The molecule has 2 aliphatic heterocycles. The van der Waals surface area contributed by atoms with Gasteiger partial charge in [0.2, 0.25) is 0 Å². The van der Waals surface area contributed by atoms with Crippen molar-refractivity contribution in [1.29, 1.82) is 0 Å². The Kier molecular flexibility index (Phi) is 10.5. The first-order valence-corrected chi connectivity index (χ1v) is 15.8. The topological polar surface area (TPSA) is 186 Å². The maximum absolute atomic E-state index is 13.2. The molecular weight excluding hydrogens is 625 g/mol. The summed E-state index contributed by atoms with van der Waals surface area (Å²) in [6.45, 7) is -0.726. The van der Waals surface area contributed by atoms with E-state index in [1.54, 1.807) is 30.2 Å². The summed E-state index contributed by atoms with van der Waals surface area (Å²) < 4.78 is 12.6. The Morgan fingerprint density at radius 1 is 1.43 bits per heavy atom. The molecule has 2 aromatic rings. The fraction of sp³-hybridized carbons (Fsp3) is 0.364. The third kappa shape index (κ3) is 6.66. The molecule has 0 aliphatic carbocycles. The van der Waals surface area contributed by atoms with Crippen molar-refractivity contribution in [1.82, 2.24) is 20.2 Å². The van der Waals surface area contributed by atoms with Gasteiger partial charge in [0, 0.05) is 46.0 Å². The zero-order chi connectivity index (χ0) is 28.8. The molecule has 4 heterocycles. The molecule has 0 bridgehead atoms. The number of oxime groups is 1. The van der Waals surface area contributed by atoms with Gasteiger partial charge in [-0.3, -0.25) is 19.5 Å². The second kappa shape index (κ2) is 13.9. The van der Waals surface area contributed by atoms with Gasteiger partial charge in [-0.25, -0.2) is 14.2 Å². The Bertz CT molecular complexity index is 1360. The predicted octanol–water partition coefficient (Wildman–Crippen LogP) is 2.14. The number of alkyl halides is 1. The first-order chi connectivity index (χ1) is 19.3. The number of anilines is 1. The summed E-state index contributed by atoms with van der Waals surface area (Å²) in [7, 11) is 0. The largest absolute Gasteiger partial charge is 0.477 e. The highest BCUT2D eigenvalue weighted by molar-refractivity contribution is 8.06. The number of amides is 2.